The number of hydrogen-bond acceptors (Lipinski definition) is 4. The standard InChI is InChI=1S/C27H27N3O4/c31-25(28-15-18-10-12-20(13-11-18)27(32)33)24-14-21-8-4-5-9-23(21)30(24)16-22-17-34-26(29-22)19-6-2-1-3-7-19/h1-9,14,17-18,20H,10-13,15-16H2,(H,28,31)(H,32,33)/t18-,20-. The van der Waals surface area contributed by atoms with Crippen LogP contribution in [0.15, 0.2) is 71.3 Å². The summed E-state index contributed by atoms with van der Waals surface area (Å²) < 4.78 is 7.67. The van der Waals surface area contributed by atoms with E-state index in [2.05, 4.69) is 10.3 Å². The van der Waals surface area contributed by atoms with Gasteiger partial charge < -0.3 is 19.4 Å². The van der Waals surface area contributed by atoms with E-state index in [1.165, 1.54) is 0 Å². The number of carbonyl (C=O) groups excluding carboxylic acids is 1. The number of amides is 1. The zero-order valence-corrected chi connectivity index (χ0v) is 18.8. The molecule has 1 aliphatic rings. The molecule has 1 aliphatic carbocycles. The lowest BCUT2D eigenvalue weighted by Crippen LogP contribution is -2.33. The highest BCUT2D eigenvalue weighted by Crippen LogP contribution is 2.29. The molecule has 174 valence electrons. The Hall–Kier alpha value is -3.87. The second-order valence-corrected chi connectivity index (χ2v) is 8.95. The molecule has 0 spiro atoms. The molecule has 0 aliphatic heterocycles. The van der Waals surface area contributed by atoms with Crippen LogP contribution in [0.1, 0.15) is 41.9 Å². The number of benzene rings is 2. The highest BCUT2D eigenvalue weighted by atomic mass is 16.4. The Morgan fingerprint density at radius 3 is 2.53 bits per heavy atom. The Balaban J connectivity index is 1.33. The third kappa shape index (κ3) is 4.59. The number of nitrogens with zero attached hydrogens (tertiary/aromatic N) is 2. The van der Waals surface area contributed by atoms with Crippen LogP contribution in [0.4, 0.5) is 0 Å². The highest BCUT2D eigenvalue weighted by Gasteiger charge is 2.26. The molecule has 2 heterocycles. The van der Waals surface area contributed by atoms with Gasteiger partial charge in [-0.3, -0.25) is 9.59 Å². The summed E-state index contributed by atoms with van der Waals surface area (Å²) in [4.78, 5) is 29.0. The number of nitrogens with one attached hydrogen (secondary N) is 1. The molecule has 1 amide bonds. The molecule has 2 aromatic carbocycles. The molecule has 0 saturated heterocycles. The molecule has 34 heavy (non-hydrogen) atoms. The van der Waals surface area contributed by atoms with Crippen molar-refractivity contribution in [1.82, 2.24) is 14.9 Å². The van der Waals surface area contributed by atoms with Crippen molar-refractivity contribution in [2.45, 2.75) is 32.2 Å². The van der Waals surface area contributed by atoms with Crippen LogP contribution in [-0.2, 0) is 11.3 Å². The molecule has 0 unspecified atom stereocenters. The van der Waals surface area contributed by atoms with E-state index >= 15 is 0 Å². The van der Waals surface area contributed by atoms with Gasteiger partial charge in [-0.05, 0) is 55.9 Å². The summed E-state index contributed by atoms with van der Waals surface area (Å²) in [6.07, 6.45) is 4.63. The number of fused-ring (bicyclic) bond motifs is 1. The monoisotopic (exact) mass is 457 g/mol. The molecule has 0 atom stereocenters. The first-order chi connectivity index (χ1) is 16.6. The fourth-order valence-electron chi connectivity index (χ4n) is 4.76. The van der Waals surface area contributed by atoms with Crippen molar-refractivity contribution < 1.29 is 19.1 Å². The maximum absolute atomic E-state index is 13.2. The zero-order chi connectivity index (χ0) is 23.5. The van der Waals surface area contributed by atoms with Crippen LogP contribution in [0, 0.1) is 11.8 Å². The Labute approximate surface area is 197 Å². The molecule has 1 fully saturated rings. The van der Waals surface area contributed by atoms with Crippen LogP contribution in [0.2, 0.25) is 0 Å². The summed E-state index contributed by atoms with van der Waals surface area (Å²) in [6.45, 7) is 0.963. The van der Waals surface area contributed by atoms with Crippen LogP contribution in [0.25, 0.3) is 22.4 Å². The van der Waals surface area contributed by atoms with E-state index in [1.54, 1.807) is 6.26 Å². The van der Waals surface area contributed by atoms with Gasteiger partial charge in [-0.25, -0.2) is 4.98 Å². The predicted octanol–water partition coefficient (Wildman–Crippen LogP) is 4.97. The molecule has 0 radical (unpaired) electrons. The number of aromatic nitrogens is 2. The van der Waals surface area contributed by atoms with Gasteiger partial charge in [-0.15, -0.1) is 0 Å². The van der Waals surface area contributed by atoms with Gasteiger partial charge >= 0.3 is 5.97 Å². The molecular formula is C27H27N3O4. The predicted molar refractivity (Wildman–Crippen MR) is 128 cm³/mol. The minimum Gasteiger partial charge on any atom is -0.481 e. The van der Waals surface area contributed by atoms with Crippen molar-refractivity contribution >= 4 is 22.8 Å². The third-order valence-corrected chi connectivity index (χ3v) is 6.68. The number of carboxylic acids is 1. The number of carbonyl (C=O) groups is 2. The van der Waals surface area contributed by atoms with Crippen LogP contribution >= 0.6 is 0 Å². The van der Waals surface area contributed by atoms with Gasteiger partial charge in [0.2, 0.25) is 5.89 Å². The average Bonchev–Trinajstić information content (AvgIpc) is 3.49. The van der Waals surface area contributed by atoms with E-state index in [4.69, 9.17) is 4.42 Å². The second-order valence-electron chi connectivity index (χ2n) is 8.95. The topological polar surface area (TPSA) is 97.4 Å². The lowest BCUT2D eigenvalue weighted by atomic mass is 9.82. The van der Waals surface area contributed by atoms with Gasteiger partial charge in [0, 0.05) is 23.0 Å². The summed E-state index contributed by atoms with van der Waals surface area (Å²) in [5.41, 5.74) is 3.17. The Morgan fingerprint density at radius 2 is 1.76 bits per heavy atom. The molecule has 5 rings (SSSR count). The Bertz CT molecular complexity index is 1300. The van der Waals surface area contributed by atoms with Crippen molar-refractivity contribution in [3.63, 3.8) is 0 Å². The van der Waals surface area contributed by atoms with Gasteiger partial charge in [-0.1, -0.05) is 36.4 Å². The average molecular weight is 458 g/mol. The number of aliphatic carboxylic acids is 1. The molecule has 0 bridgehead atoms. The number of carboxylic acid groups (broad SMARTS) is 1. The molecule has 7 nitrogen and oxygen atoms in total. The van der Waals surface area contributed by atoms with E-state index in [-0.39, 0.29) is 11.8 Å². The summed E-state index contributed by atoms with van der Waals surface area (Å²) >= 11 is 0. The smallest absolute Gasteiger partial charge is 0.306 e. The van der Waals surface area contributed by atoms with Crippen LogP contribution in [0.5, 0.6) is 0 Å². The number of oxazole rings is 1. The van der Waals surface area contributed by atoms with Crippen molar-refractivity contribution in [1.29, 1.82) is 0 Å². The number of para-hydroxylation sites is 1. The van der Waals surface area contributed by atoms with Crippen LogP contribution in [0.3, 0.4) is 0 Å². The maximum atomic E-state index is 13.2. The van der Waals surface area contributed by atoms with Crippen molar-refractivity contribution in [3.8, 4) is 11.5 Å². The first-order valence-electron chi connectivity index (χ1n) is 11.7. The first kappa shape index (κ1) is 21.9. The van der Waals surface area contributed by atoms with Crippen LogP contribution < -0.4 is 5.32 Å². The molecule has 4 aromatic rings. The highest BCUT2D eigenvalue weighted by molar-refractivity contribution is 5.98. The molecule has 7 heteroatoms. The fourth-order valence-corrected chi connectivity index (χ4v) is 4.76. The van der Waals surface area contributed by atoms with E-state index in [1.807, 2.05) is 65.2 Å². The van der Waals surface area contributed by atoms with Crippen molar-refractivity contribution in [2.24, 2.45) is 11.8 Å². The quantitative estimate of drug-likeness (QED) is 0.409. The normalized spacial score (nSPS) is 18.1. The largest absolute Gasteiger partial charge is 0.481 e. The summed E-state index contributed by atoms with van der Waals surface area (Å²) in [5.74, 6) is -0.243. The van der Waals surface area contributed by atoms with Gasteiger partial charge in [0.15, 0.2) is 0 Å². The molecule has 1 saturated carbocycles. The SMILES string of the molecule is O=C(NC[C@H]1CC[C@H](C(=O)O)CC1)c1cc2ccccc2n1Cc1coc(-c2ccccc2)n1. The lowest BCUT2D eigenvalue weighted by Gasteiger charge is -2.26. The Morgan fingerprint density at radius 1 is 1.03 bits per heavy atom. The van der Waals surface area contributed by atoms with Gasteiger partial charge in [0.05, 0.1) is 18.2 Å². The third-order valence-electron chi connectivity index (χ3n) is 6.68. The molecule has 2 aromatic heterocycles. The summed E-state index contributed by atoms with van der Waals surface area (Å²) in [7, 11) is 0. The summed E-state index contributed by atoms with van der Waals surface area (Å²) in [5, 5.41) is 13.3. The van der Waals surface area contributed by atoms with E-state index in [9.17, 15) is 14.7 Å². The Kier molecular flexibility index (Phi) is 6.16. The van der Waals surface area contributed by atoms with Crippen molar-refractivity contribution in [2.75, 3.05) is 6.54 Å². The van der Waals surface area contributed by atoms with Crippen LogP contribution in [-0.4, -0.2) is 33.1 Å². The van der Waals surface area contributed by atoms with Crippen molar-refractivity contribution in [3.05, 3.63) is 78.3 Å². The minimum absolute atomic E-state index is 0.136. The molecular weight excluding hydrogens is 430 g/mol. The van der Waals surface area contributed by atoms with Gasteiger partial charge in [0.1, 0.15) is 12.0 Å². The van der Waals surface area contributed by atoms with E-state index in [0.29, 0.717) is 43.4 Å². The van der Waals surface area contributed by atoms with Gasteiger partial charge in [-0.2, -0.15) is 0 Å². The number of rotatable bonds is 7. The number of hydrogen-bond donors (Lipinski definition) is 2. The van der Waals surface area contributed by atoms with Gasteiger partial charge in [0.25, 0.3) is 5.91 Å². The first-order valence-corrected chi connectivity index (χ1v) is 11.7. The van der Waals surface area contributed by atoms with E-state index < -0.39 is 5.97 Å². The minimum atomic E-state index is -0.713. The summed E-state index contributed by atoms with van der Waals surface area (Å²) in [6, 6.07) is 19.5. The fraction of sp³-hybridized carbons (Fsp3) is 0.296. The maximum Gasteiger partial charge on any atom is 0.306 e. The van der Waals surface area contributed by atoms with E-state index in [0.717, 1.165) is 35.0 Å². The second kappa shape index (κ2) is 9.55. The molecule has 2 N–H and O–H groups in total. The zero-order valence-electron chi connectivity index (χ0n) is 18.8. The lowest BCUT2D eigenvalue weighted by molar-refractivity contribution is -0.143.